The normalized spacial score (nSPS) is 17.1. The molecule has 1 unspecified atom stereocenters. The lowest BCUT2D eigenvalue weighted by Crippen LogP contribution is -2.44. The van der Waals surface area contributed by atoms with Crippen LogP contribution in [0.25, 0.3) is 0 Å². The Kier molecular flexibility index (Phi) is 6.35. The minimum absolute atomic E-state index is 0.0297. The van der Waals surface area contributed by atoms with Gasteiger partial charge in [-0.05, 0) is 44.0 Å². The Morgan fingerprint density at radius 3 is 2.76 bits per heavy atom. The number of anilines is 1. The zero-order chi connectivity index (χ0) is 18.4. The molecule has 8 nitrogen and oxygen atoms in total. The van der Waals surface area contributed by atoms with Crippen molar-refractivity contribution in [2.75, 3.05) is 32.1 Å². The van der Waals surface area contributed by atoms with Crippen molar-refractivity contribution in [1.29, 1.82) is 0 Å². The number of aliphatic carboxylic acids is 1. The molecule has 1 aromatic rings. The molecule has 8 heteroatoms. The number of amides is 2. The van der Waals surface area contributed by atoms with Crippen LogP contribution in [-0.2, 0) is 14.4 Å². The van der Waals surface area contributed by atoms with Crippen LogP contribution in [0.3, 0.4) is 0 Å². The van der Waals surface area contributed by atoms with E-state index in [1.807, 2.05) is 13.0 Å². The van der Waals surface area contributed by atoms with E-state index in [4.69, 9.17) is 9.84 Å². The highest BCUT2D eigenvalue weighted by Crippen LogP contribution is 2.24. The van der Waals surface area contributed by atoms with E-state index < -0.39 is 12.0 Å². The molecule has 0 saturated carbocycles. The molecule has 1 heterocycles. The van der Waals surface area contributed by atoms with Crippen molar-refractivity contribution in [1.82, 2.24) is 10.2 Å². The van der Waals surface area contributed by atoms with Crippen LogP contribution in [-0.4, -0.2) is 60.6 Å². The first-order valence-electron chi connectivity index (χ1n) is 8.08. The van der Waals surface area contributed by atoms with Gasteiger partial charge in [0.15, 0.2) is 0 Å². The molecular formula is C17H23N3O5. The molecule has 1 fully saturated rings. The lowest BCUT2D eigenvalue weighted by Gasteiger charge is -2.20. The number of benzene rings is 1. The Bertz CT molecular complexity index is 662. The third-order valence-corrected chi connectivity index (χ3v) is 4.07. The predicted molar refractivity (Wildman–Crippen MR) is 91.6 cm³/mol. The van der Waals surface area contributed by atoms with Gasteiger partial charge in [-0.1, -0.05) is 6.07 Å². The van der Waals surface area contributed by atoms with Crippen molar-refractivity contribution in [3.05, 3.63) is 23.8 Å². The minimum Gasteiger partial charge on any atom is -0.495 e. The standard InChI is InChI=1S/C17H23N3O5/c1-11-5-6-14(25-2)12(8-11)19-15(21)9-18-16(22)10-20-7-3-4-13(20)17(23)24/h5-6,8,13H,3-4,7,9-10H2,1-2H3,(H,18,22)(H,19,21)(H,23,24). The molecule has 0 radical (unpaired) electrons. The van der Waals surface area contributed by atoms with Crippen LogP contribution in [0.4, 0.5) is 5.69 Å². The molecule has 2 amide bonds. The Labute approximate surface area is 146 Å². The number of carboxylic acids is 1. The van der Waals surface area contributed by atoms with Crippen molar-refractivity contribution in [3.63, 3.8) is 0 Å². The van der Waals surface area contributed by atoms with Crippen molar-refractivity contribution in [2.24, 2.45) is 0 Å². The summed E-state index contributed by atoms with van der Waals surface area (Å²) in [6.07, 6.45) is 1.29. The fourth-order valence-electron chi connectivity index (χ4n) is 2.83. The second kappa shape index (κ2) is 8.48. The molecule has 1 aliphatic rings. The number of carbonyl (C=O) groups is 3. The van der Waals surface area contributed by atoms with Gasteiger partial charge < -0.3 is 20.5 Å². The van der Waals surface area contributed by atoms with Gasteiger partial charge in [0, 0.05) is 0 Å². The highest BCUT2D eigenvalue weighted by molar-refractivity contribution is 5.96. The van der Waals surface area contributed by atoms with Gasteiger partial charge in [-0.25, -0.2) is 0 Å². The number of nitrogens with zero attached hydrogens (tertiary/aromatic N) is 1. The molecule has 2 rings (SSSR count). The van der Waals surface area contributed by atoms with Crippen LogP contribution >= 0.6 is 0 Å². The van der Waals surface area contributed by atoms with Crippen molar-refractivity contribution in [2.45, 2.75) is 25.8 Å². The molecule has 3 N–H and O–H groups in total. The lowest BCUT2D eigenvalue weighted by molar-refractivity contribution is -0.142. The average molecular weight is 349 g/mol. The van der Waals surface area contributed by atoms with Crippen LogP contribution in [0, 0.1) is 6.92 Å². The van der Waals surface area contributed by atoms with E-state index in [2.05, 4.69) is 10.6 Å². The van der Waals surface area contributed by atoms with Crippen LogP contribution < -0.4 is 15.4 Å². The van der Waals surface area contributed by atoms with Gasteiger partial charge >= 0.3 is 5.97 Å². The Hall–Kier alpha value is -2.61. The first-order chi connectivity index (χ1) is 11.9. The number of carboxylic acid groups (broad SMARTS) is 1. The number of carbonyl (C=O) groups excluding carboxylic acids is 2. The smallest absolute Gasteiger partial charge is 0.320 e. The molecule has 1 aromatic carbocycles. The van der Waals surface area contributed by atoms with Crippen LogP contribution in [0.2, 0.25) is 0 Å². The number of hydrogen-bond donors (Lipinski definition) is 3. The molecule has 1 atom stereocenters. The number of nitrogens with one attached hydrogen (secondary N) is 2. The quantitative estimate of drug-likeness (QED) is 0.666. The van der Waals surface area contributed by atoms with E-state index in [0.717, 1.165) is 12.0 Å². The summed E-state index contributed by atoms with van der Waals surface area (Å²) >= 11 is 0. The van der Waals surface area contributed by atoms with Gasteiger partial charge in [0.05, 0.1) is 25.9 Å². The average Bonchev–Trinajstić information content (AvgIpc) is 3.01. The summed E-state index contributed by atoms with van der Waals surface area (Å²) in [6.45, 7) is 2.24. The maximum Gasteiger partial charge on any atom is 0.320 e. The molecule has 0 aromatic heterocycles. The molecule has 0 bridgehead atoms. The fraction of sp³-hybridized carbons (Fsp3) is 0.471. The first kappa shape index (κ1) is 18.7. The van der Waals surface area contributed by atoms with E-state index >= 15 is 0 Å². The summed E-state index contributed by atoms with van der Waals surface area (Å²) < 4.78 is 5.19. The highest BCUT2D eigenvalue weighted by Gasteiger charge is 2.31. The number of hydrogen-bond acceptors (Lipinski definition) is 5. The van der Waals surface area contributed by atoms with Crippen molar-refractivity contribution in [3.8, 4) is 5.75 Å². The molecule has 0 aliphatic carbocycles. The molecule has 136 valence electrons. The van der Waals surface area contributed by atoms with Crippen LogP contribution in [0.1, 0.15) is 18.4 Å². The molecule has 0 spiro atoms. The molecular weight excluding hydrogens is 326 g/mol. The van der Waals surface area contributed by atoms with E-state index in [0.29, 0.717) is 24.4 Å². The van der Waals surface area contributed by atoms with Gasteiger partial charge in [0.2, 0.25) is 11.8 Å². The number of likely N-dealkylation sites (tertiary alicyclic amines) is 1. The predicted octanol–water partition coefficient (Wildman–Crippen LogP) is 0.607. The van der Waals surface area contributed by atoms with Crippen LogP contribution in [0.15, 0.2) is 18.2 Å². The molecule has 1 saturated heterocycles. The number of rotatable bonds is 7. The second-order valence-electron chi connectivity index (χ2n) is 6.00. The van der Waals surface area contributed by atoms with Gasteiger partial charge in [-0.15, -0.1) is 0 Å². The lowest BCUT2D eigenvalue weighted by atomic mass is 10.2. The van der Waals surface area contributed by atoms with Gasteiger partial charge in [0.25, 0.3) is 0 Å². The Morgan fingerprint density at radius 2 is 2.08 bits per heavy atom. The van der Waals surface area contributed by atoms with E-state index in [-0.39, 0.29) is 24.9 Å². The van der Waals surface area contributed by atoms with Gasteiger partial charge in [-0.2, -0.15) is 0 Å². The first-order valence-corrected chi connectivity index (χ1v) is 8.08. The Morgan fingerprint density at radius 1 is 1.32 bits per heavy atom. The second-order valence-corrected chi connectivity index (χ2v) is 6.00. The van der Waals surface area contributed by atoms with E-state index in [1.54, 1.807) is 17.0 Å². The van der Waals surface area contributed by atoms with Crippen molar-refractivity contribution < 1.29 is 24.2 Å². The third kappa shape index (κ3) is 5.18. The summed E-state index contributed by atoms with van der Waals surface area (Å²) in [5, 5.41) is 14.3. The summed E-state index contributed by atoms with van der Waals surface area (Å²) in [4.78, 5) is 36.7. The zero-order valence-electron chi connectivity index (χ0n) is 14.4. The summed E-state index contributed by atoms with van der Waals surface area (Å²) in [6, 6.07) is 4.77. The fourth-order valence-corrected chi connectivity index (χ4v) is 2.83. The van der Waals surface area contributed by atoms with E-state index in [9.17, 15) is 14.4 Å². The third-order valence-electron chi connectivity index (χ3n) is 4.07. The van der Waals surface area contributed by atoms with Gasteiger partial charge in [-0.3, -0.25) is 19.3 Å². The van der Waals surface area contributed by atoms with Crippen molar-refractivity contribution >= 4 is 23.5 Å². The number of methoxy groups -OCH3 is 1. The van der Waals surface area contributed by atoms with E-state index in [1.165, 1.54) is 7.11 Å². The summed E-state index contributed by atoms with van der Waals surface area (Å²) in [5.41, 5.74) is 1.50. The number of aryl methyl sites for hydroxylation is 1. The summed E-state index contributed by atoms with van der Waals surface area (Å²) in [7, 11) is 1.51. The highest BCUT2D eigenvalue weighted by atomic mass is 16.5. The SMILES string of the molecule is COc1ccc(C)cc1NC(=O)CNC(=O)CN1CCCC1C(=O)O. The maximum absolute atomic E-state index is 12.0. The molecule has 1 aliphatic heterocycles. The number of ether oxygens (including phenoxy) is 1. The molecule has 25 heavy (non-hydrogen) atoms. The Balaban J connectivity index is 1.83. The van der Waals surface area contributed by atoms with Crippen LogP contribution in [0.5, 0.6) is 5.75 Å². The topological polar surface area (TPSA) is 108 Å². The summed E-state index contributed by atoms with van der Waals surface area (Å²) in [5.74, 6) is -1.14. The largest absolute Gasteiger partial charge is 0.495 e. The zero-order valence-corrected chi connectivity index (χ0v) is 14.4. The van der Waals surface area contributed by atoms with Gasteiger partial charge in [0.1, 0.15) is 11.8 Å². The monoisotopic (exact) mass is 349 g/mol. The maximum atomic E-state index is 12.0. The minimum atomic E-state index is -0.922.